The van der Waals surface area contributed by atoms with E-state index >= 15 is 0 Å². The van der Waals surface area contributed by atoms with Gasteiger partial charge in [0.2, 0.25) is 5.91 Å². The highest BCUT2D eigenvalue weighted by molar-refractivity contribution is 5.81. The molecule has 1 atom stereocenters. The predicted octanol–water partition coefficient (Wildman–Crippen LogP) is 2.13. The Morgan fingerprint density at radius 1 is 1.00 bits per heavy atom. The number of benzene rings is 2. The number of rotatable bonds is 6. The van der Waals surface area contributed by atoms with E-state index in [1.165, 1.54) is 9.13 Å². The number of hydrogen-bond donors (Lipinski definition) is 1. The lowest BCUT2D eigenvalue weighted by Gasteiger charge is -2.16. The second-order valence-electron chi connectivity index (χ2n) is 6.64. The van der Waals surface area contributed by atoms with E-state index in [4.69, 9.17) is 0 Å². The van der Waals surface area contributed by atoms with Crippen LogP contribution in [-0.4, -0.2) is 21.1 Å². The minimum atomic E-state index is -0.484. The molecule has 0 saturated heterocycles. The van der Waals surface area contributed by atoms with Gasteiger partial charge in [0.05, 0.1) is 17.4 Å². The first-order chi connectivity index (χ1) is 13.0. The van der Waals surface area contributed by atoms with Crippen molar-refractivity contribution in [2.75, 3.05) is 0 Å². The molecular weight excluding hydrogens is 342 g/mol. The third-order valence-electron chi connectivity index (χ3n) is 4.64. The monoisotopic (exact) mass is 365 g/mol. The van der Waals surface area contributed by atoms with Gasteiger partial charge in [-0.05, 0) is 31.0 Å². The van der Waals surface area contributed by atoms with Crippen molar-refractivity contribution >= 4 is 16.8 Å². The summed E-state index contributed by atoms with van der Waals surface area (Å²) in [6, 6.07) is 16.2. The van der Waals surface area contributed by atoms with Crippen LogP contribution in [0.3, 0.4) is 0 Å². The molecule has 0 aliphatic rings. The van der Waals surface area contributed by atoms with Crippen molar-refractivity contribution in [3.63, 3.8) is 0 Å². The average molecular weight is 365 g/mol. The Morgan fingerprint density at radius 3 is 2.37 bits per heavy atom. The molecule has 2 aromatic carbocycles. The Bertz CT molecular complexity index is 1070. The molecule has 6 heteroatoms. The predicted molar refractivity (Wildman–Crippen MR) is 106 cm³/mol. The zero-order chi connectivity index (χ0) is 19.4. The molecule has 3 rings (SSSR count). The number of nitrogens with zero attached hydrogens (tertiary/aromatic N) is 2. The Labute approximate surface area is 157 Å². The summed E-state index contributed by atoms with van der Waals surface area (Å²) in [6.07, 6.45) is 0.800. The number of carbonyl (C=O) groups is 1. The molecule has 0 radical (unpaired) electrons. The van der Waals surface area contributed by atoms with Crippen LogP contribution in [0.4, 0.5) is 0 Å². The Balaban J connectivity index is 2.10. The molecule has 1 unspecified atom stereocenters. The maximum atomic E-state index is 13.0. The van der Waals surface area contributed by atoms with E-state index in [2.05, 4.69) is 5.32 Å². The summed E-state index contributed by atoms with van der Waals surface area (Å²) in [5, 5.41) is 3.29. The molecular formula is C21H23N3O3. The summed E-state index contributed by atoms with van der Waals surface area (Å²) < 4.78 is 2.56. The fourth-order valence-corrected chi connectivity index (χ4v) is 3.00. The smallest absolute Gasteiger partial charge is 0.332 e. The molecule has 1 aromatic heterocycles. The minimum Gasteiger partial charge on any atom is -0.352 e. The second-order valence-corrected chi connectivity index (χ2v) is 6.64. The highest BCUT2D eigenvalue weighted by Crippen LogP contribution is 2.08. The molecule has 6 nitrogen and oxygen atoms in total. The molecule has 1 heterocycles. The molecule has 0 aliphatic heterocycles. The molecule has 140 valence electrons. The normalized spacial score (nSPS) is 12.1. The van der Waals surface area contributed by atoms with Crippen LogP contribution in [0.15, 0.2) is 64.2 Å². The first-order valence-corrected chi connectivity index (χ1v) is 9.07. The van der Waals surface area contributed by atoms with Crippen molar-refractivity contribution in [1.82, 2.24) is 14.5 Å². The van der Waals surface area contributed by atoms with Gasteiger partial charge in [-0.1, -0.05) is 49.4 Å². The van der Waals surface area contributed by atoms with Crippen molar-refractivity contribution in [2.24, 2.45) is 0 Å². The van der Waals surface area contributed by atoms with Crippen molar-refractivity contribution in [2.45, 2.75) is 39.4 Å². The van der Waals surface area contributed by atoms with E-state index in [0.717, 1.165) is 12.0 Å². The molecule has 0 fully saturated rings. The second kappa shape index (κ2) is 8.03. The maximum Gasteiger partial charge on any atom is 0.332 e. The van der Waals surface area contributed by atoms with Crippen LogP contribution < -0.4 is 16.6 Å². The summed E-state index contributed by atoms with van der Waals surface area (Å²) in [7, 11) is 0. The fraction of sp³-hybridized carbons (Fsp3) is 0.286. The first kappa shape index (κ1) is 18.6. The van der Waals surface area contributed by atoms with Crippen LogP contribution in [0.5, 0.6) is 0 Å². The molecule has 27 heavy (non-hydrogen) atoms. The fourth-order valence-electron chi connectivity index (χ4n) is 3.00. The van der Waals surface area contributed by atoms with E-state index in [1.54, 1.807) is 24.3 Å². The number of hydrogen-bond acceptors (Lipinski definition) is 3. The van der Waals surface area contributed by atoms with Crippen molar-refractivity contribution < 1.29 is 4.79 Å². The van der Waals surface area contributed by atoms with Crippen molar-refractivity contribution in [3.05, 3.63) is 81.0 Å². The van der Waals surface area contributed by atoms with E-state index in [0.29, 0.717) is 10.9 Å². The topological polar surface area (TPSA) is 73.1 Å². The molecule has 1 amide bonds. The van der Waals surface area contributed by atoms with Gasteiger partial charge >= 0.3 is 5.69 Å². The summed E-state index contributed by atoms with van der Waals surface area (Å²) in [6.45, 7) is 3.93. The van der Waals surface area contributed by atoms with Crippen molar-refractivity contribution in [1.29, 1.82) is 0 Å². The molecule has 1 N–H and O–H groups in total. The lowest BCUT2D eigenvalue weighted by molar-refractivity contribution is -0.122. The van der Waals surface area contributed by atoms with Crippen LogP contribution >= 0.6 is 0 Å². The standard InChI is InChI=1S/C21H23N3O3/c1-3-15(2)22-19(25)14-23-18-12-8-7-11-17(18)20(26)24(21(23)27)13-16-9-5-4-6-10-16/h4-12,15H,3,13-14H2,1-2H3,(H,22,25). The SMILES string of the molecule is CCC(C)NC(=O)Cn1c(=O)n(Cc2ccccc2)c(=O)c2ccccc21. The third kappa shape index (κ3) is 4.00. The highest BCUT2D eigenvalue weighted by atomic mass is 16.2. The van der Waals surface area contributed by atoms with Crippen LogP contribution in [0, 0.1) is 0 Å². The number of aromatic nitrogens is 2. The zero-order valence-electron chi connectivity index (χ0n) is 15.5. The number of fused-ring (bicyclic) bond motifs is 1. The molecule has 0 saturated carbocycles. The Kier molecular flexibility index (Phi) is 5.54. The zero-order valence-corrected chi connectivity index (χ0v) is 15.5. The van der Waals surface area contributed by atoms with Crippen molar-refractivity contribution in [3.8, 4) is 0 Å². The number of amides is 1. The van der Waals surface area contributed by atoms with E-state index in [-0.39, 0.29) is 30.6 Å². The minimum absolute atomic E-state index is 0.0229. The first-order valence-electron chi connectivity index (χ1n) is 9.07. The molecule has 3 aromatic rings. The Hall–Kier alpha value is -3.15. The summed E-state index contributed by atoms with van der Waals surface area (Å²) in [5.41, 5.74) is 0.485. The van der Waals surface area contributed by atoms with Gasteiger partial charge in [-0.2, -0.15) is 0 Å². The van der Waals surface area contributed by atoms with Gasteiger partial charge in [-0.3, -0.25) is 18.7 Å². The number of carbonyl (C=O) groups excluding carboxylic acids is 1. The largest absolute Gasteiger partial charge is 0.352 e. The van der Waals surface area contributed by atoms with Crippen LogP contribution in [0.1, 0.15) is 25.8 Å². The Morgan fingerprint density at radius 2 is 1.67 bits per heavy atom. The highest BCUT2D eigenvalue weighted by Gasteiger charge is 2.16. The van der Waals surface area contributed by atoms with Crippen LogP contribution in [-0.2, 0) is 17.9 Å². The van der Waals surface area contributed by atoms with Crippen LogP contribution in [0.2, 0.25) is 0 Å². The van der Waals surface area contributed by atoms with Crippen LogP contribution in [0.25, 0.3) is 10.9 Å². The van der Waals surface area contributed by atoms with E-state index in [9.17, 15) is 14.4 Å². The molecule has 0 spiro atoms. The van der Waals surface area contributed by atoms with E-state index < -0.39 is 5.69 Å². The third-order valence-corrected chi connectivity index (χ3v) is 4.64. The number of nitrogens with one attached hydrogen (secondary N) is 1. The summed E-state index contributed by atoms with van der Waals surface area (Å²) in [4.78, 5) is 38.3. The van der Waals surface area contributed by atoms with Gasteiger partial charge in [0.1, 0.15) is 6.54 Å². The summed E-state index contributed by atoms with van der Waals surface area (Å²) >= 11 is 0. The average Bonchev–Trinajstić information content (AvgIpc) is 2.69. The van der Waals surface area contributed by atoms with Gasteiger partial charge < -0.3 is 5.32 Å². The maximum absolute atomic E-state index is 13.0. The molecule has 0 bridgehead atoms. The van der Waals surface area contributed by atoms with Gasteiger partial charge in [-0.15, -0.1) is 0 Å². The summed E-state index contributed by atoms with van der Waals surface area (Å²) in [5.74, 6) is -0.249. The lowest BCUT2D eigenvalue weighted by Crippen LogP contribution is -2.43. The van der Waals surface area contributed by atoms with Gasteiger partial charge in [0, 0.05) is 6.04 Å². The van der Waals surface area contributed by atoms with E-state index in [1.807, 2.05) is 44.2 Å². The lowest BCUT2D eigenvalue weighted by atomic mass is 10.2. The van der Waals surface area contributed by atoms with Gasteiger partial charge in [0.15, 0.2) is 0 Å². The molecule has 0 aliphatic carbocycles. The van der Waals surface area contributed by atoms with Gasteiger partial charge in [0.25, 0.3) is 5.56 Å². The quantitative estimate of drug-likeness (QED) is 0.727. The number of para-hydroxylation sites is 1. The van der Waals surface area contributed by atoms with Gasteiger partial charge in [-0.25, -0.2) is 4.79 Å².